The summed E-state index contributed by atoms with van der Waals surface area (Å²) < 4.78 is 0. The highest BCUT2D eigenvalue weighted by atomic mass is 16.3. The highest BCUT2D eigenvalue weighted by Crippen LogP contribution is 2.58. The summed E-state index contributed by atoms with van der Waals surface area (Å²) in [6, 6.07) is 0. The van der Waals surface area contributed by atoms with Gasteiger partial charge in [0.25, 0.3) is 0 Å². The van der Waals surface area contributed by atoms with Gasteiger partial charge in [-0.05, 0) is 85.5 Å². The summed E-state index contributed by atoms with van der Waals surface area (Å²) >= 11 is 0. The predicted octanol–water partition coefficient (Wildman–Crippen LogP) is 7.47. The van der Waals surface area contributed by atoms with E-state index in [1.807, 2.05) is 0 Å². The van der Waals surface area contributed by atoms with Crippen molar-refractivity contribution in [1.82, 2.24) is 0 Å². The van der Waals surface area contributed by atoms with Gasteiger partial charge in [0, 0.05) is 0 Å². The summed E-state index contributed by atoms with van der Waals surface area (Å²) in [7, 11) is 0. The first-order valence-electron chi connectivity index (χ1n) is 12.0. The lowest BCUT2D eigenvalue weighted by Gasteiger charge is -2.43. The van der Waals surface area contributed by atoms with Crippen LogP contribution in [0.5, 0.6) is 0 Å². The fourth-order valence-electron chi connectivity index (χ4n) is 6.64. The Bertz CT molecular complexity index is 597. The van der Waals surface area contributed by atoms with Crippen molar-refractivity contribution in [1.29, 1.82) is 0 Å². The highest BCUT2D eigenvalue weighted by molar-refractivity contribution is 5.31. The molecule has 0 saturated heterocycles. The number of allylic oxidation sites excluding steroid dienone is 4. The van der Waals surface area contributed by atoms with Crippen LogP contribution in [-0.2, 0) is 0 Å². The standard InChI is InChI=1S/C27H44O/c1-19(2)8-6-9-21(4)25-15-16-26-22(10-7-17-27(25,26)5)12-13-23-18-24(28)14-11-20(23)3/h7,13,17,19,21-22,24-26,28H,3,6,8-12,14-16,18H2,1-2,4-5H3/b23-13+/t21-,22+,24+,25-,26+,27-/m1/s1. The molecule has 0 aromatic carbocycles. The summed E-state index contributed by atoms with van der Waals surface area (Å²) in [6.45, 7) is 14.0. The van der Waals surface area contributed by atoms with Gasteiger partial charge in [0.2, 0.25) is 0 Å². The van der Waals surface area contributed by atoms with Crippen LogP contribution in [0.3, 0.4) is 0 Å². The molecule has 0 heterocycles. The van der Waals surface area contributed by atoms with Gasteiger partial charge in [-0.15, -0.1) is 0 Å². The van der Waals surface area contributed by atoms with Crippen molar-refractivity contribution >= 4 is 0 Å². The maximum Gasteiger partial charge on any atom is 0.0583 e. The topological polar surface area (TPSA) is 20.2 Å². The zero-order valence-corrected chi connectivity index (χ0v) is 18.9. The molecule has 0 aliphatic heterocycles. The number of aliphatic hydroxyl groups excluding tert-OH is 1. The van der Waals surface area contributed by atoms with Crippen LogP contribution in [0.15, 0.2) is 36.0 Å². The zero-order valence-electron chi connectivity index (χ0n) is 18.9. The van der Waals surface area contributed by atoms with Crippen molar-refractivity contribution in [2.45, 2.75) is 98.0 Å². The van der Waals surface area contributed by atoms with E-state index in [0.717, 1.165) is 48.9 Å². The minimum Gasteiger partial charge on any atom is -0.393 e. The first-order valence-corrected chi connectivity index (χ1v) is 12.0. The summed E-state index contributed by atoms with van der Waals surface area (Å²) in [4.78, 5) is 0. The molecule has 1 N–H and O–H groups in total. The van der Waals surface area contributed by atoms with E-state index in [1.54, 1.807) is 0 Å². The Hall–Kier alpha value is -0.820. The minimum atomic E-state index is -0.157. The summed E-state index contributed by atoms with van der Waals surface area (Å²) in [5.74, 6) is 4.11. The van der Waals surface area contributed by atoms with Crippen LogP contribution >= 0.6 is 0 Å². The number of hydrogen-bond donors (Lipinski definition) is 1. The van der Waals surface area contributed by atoms with Crippen molar-refractivity contribution in [2.75, 3.05) is 0 Å². The van der Waals surface area contributed by atoms with Gasteiger partial charge in [0.1, 0.15) is 0 Å². The molecule has 0 aromatic heterocycles. The highest BCUT2D eigenvalue weighted by Gasteiger charge is 2.50. The van der Waals surface area contributed by atoms with E-state index in [4.69, 9.17) is 0 Å². The van der Waals surface area contributed by atoms with Crippen molar-refractivity contribution < 1.29 is 5.11 Å². The molecular weight excluding hydrogens is 340 g/mol. The minimum absolute atomic E-state index is 0.157. The average Bonchev–Trinajstić information content (AvgIpc) is 2.99. The maximum atomic E-state index is 10.0. The molecule has 0 unspecified atom stereocenters. The van der Waals surface area contributed by atoms with Crippen LogP contribution in [0, 0.1) is 35.0 Å². The first kappa shape index (κ1) is 21.9. The van der Waals surface area contributed by atoms with Crippen molar-refractivity contribution in [3.63, 3.8) is 0 Å². The molecular formula is C27H44O. The third kappa shape index (κ3) is 4.84. The molecule has 3 aliphatic rings. The fourth-order valence-corrected chi connectivity index (χ4v) is 6.64. The predicted molar refractivity (Wildman–Crippen MR) is 121 cm³/mol. The normalized spacial score (nSPS) is 38.2. The van der Waals surface area contributed by atoms with E-state index >= 15 is 0 Å². The van der Waals surface area contributed by atoms with Crippen LogP contribution in [0.2, 0.25) is 0 Å². The molecule has 2 saturated carbocycles. The second kappa shape index (κ2) is 9.33. The molecule has 2 fully saturated rings. The molecule has 0 aromatic rings. The van der Waals surface area contributed by atoms with Gasteiger partial charge in [-0.25, -0.2) is 0 Å². The Balaban J connectivity index is 1.63. The van der Waals surface area contributed by atoms with E-state index in [9.17, 15) is 5.11 Å². The van der Waals surface area contributed by atoms with Crippen LogP contribution in [0.1, 0.15) is 91.9 Å². The molecule has 3 aliphatic carbocycles. The average molecular weight is 385 g/mol. The van der Waals surface area contributed by atoms with Crippen LogP contribution in [-0.4, -0.2) is 11.2 Å². The lowest BCUT2D eigenvalue weighted by molar-refractivity contribution is 0.115. The third-order valence-corrected chi connectivity index (χ3v) is 8.36. The molecule has 3 rings (SSSR count). The van der Waals surface area contributed by atoms with Crippen molar-refractivity contribution in [3.05, 3.63) is 36.0 Å². The van der Waals surface area contributed by atoms with E-state index in [0.29, 0.717) is 5.41 Å². The molecule has 6 atom stereocenters. The Morgan fingerprint density at radius 1 is 1.21 bits per heavy atom. The largest absolute Gasteiger partial charge is 0.393 e. The number of hydrogen-bond acceptors (Lipinski definition) is 1. The van der Waals surface area contributed by atoms with E-state index < -0.39 is 0 Å². The van der Waals surface area contributed by atoms with Gasteiger partial charge in [-0.3, -0.25) is 0 Å². The molecule has 0 bridgehead atoms. The fraction of sp³-hybridized carbons (Fsp3) is 0.778. The van der Waals surface area contributed by atoms with Gasteiger partial charge in [0.15, 0.2) is 0 Å². The Morgan fingerprint density at radius 3 is 2.75 bits per heavy atom. The summed E-state index contributed by atoms with van der Waals surface area (Å²) in [5, 5.41) is 10.0. The molecule has 0 amide bonds. The molecule has 0 spiro atoms. The van der Waals surface area contributed by atoms with Gasteiger partial charge in [-0.2, -0.15) is 0 Å². The third-order valence-electron chi connectivity index (χ3n) is 8.36. The quantitative estimate of drug-likeness (QED) is 0.451. The molecule has 0 radical (unpaired) electrons. The van der Waals surface area contributed by atoms with Gasteiger partial charge >= 0.3 is 0 Å². The number of rotatable bonds is 7. The second-order valence-corrected chi connectivity index (χ2v) is 10.8. The van der Waals surface area contributed by atoms with E-state index in [2.05, 4.69) is 52.5 Å². The number of fused-ring (bicyclic) bond motifs is 1. The lowest BCUT2D eigenvalue weighted by Crippen LogP contribution is -2.36. The molecule has 28 heavy (non-hydrogen) atoms. The first-order chi connectivity index (χ1) is 13.3. The van der Waals surface area contributed by atoms with Crippen LogP contribution in [0.4, 0.5) is 0 Å². The monoisotopic (exact) mass is 384 g/mol. The molecule has 1 heteroatoms. The van der Waals surface area contributed by atoms with Crippen molar-refractivity contribution in [2.24, 2.45) is 35.0 Å². The Kier molecular flexibility index (Phi) is 7.29. The Morgan fingerprint density at radius 2 is 2.00 bits per heavy atom. The molecule has 158 valence electrons. The van der Waals surface area contributed by atoms with Crippen molar-refractivity contribution in [3.8, 4) is 0 Å². The van der Waals surface area contributed by atoms with E-state index in [1.165, 1.54) is 56.1 Å². The van der Waals surface area contributed by atoms with Crippen LogP contribution < -0.4 is 0 Å². The zero-order chi connectivity index (χ0) is 20.3. The SMILES string of the molecule is C=C1CC[C@H](O)C/C1=C\C[C@@H]1CC=C[C@]2(C)[C@@H]([C@H](C)CCCC(C)C)CC[C@@H]12. The van der Waals surface area contributed by atoms with E-state index in [-0.39, 0.29) is 6.10 Å². The summed E-state index contributed by atoms with van der Waals surface area (Å²) in [5.41, 5.74) is 3.00. The smallest absolute Gasteiger partial charge is 0.0583 e. The lowest BCUT2D eigenvalue weighted by atomic mass is 9.61. The van der Waals surface area contributed by atoms with Crippen LogP contribution in [0.25, 0.3) is 0 Å². The van der Waals surface area contributed by atoms with Gasteiger partial charge in [0.05, 0.1) is 6.10 Å². The maximum absolute atomic E-state index is 10.0. The second-order valence-electron chi connectivity index (χ2n) is 10.8. The molecule has 1 nitrogen and oxygen atoms in total. The number of aliphatic hydroxyl groups is 1. The summed E-state index contributed by atoms with van der Waals surface area (Å²) in [6.07, 6.45) is 19.4. The Labute approximate surface area is 174 Å². The van der Waals surface area contributed by atoms with Gasteiger partial charge in [-0.1, -0.05) is 77.3 Å². The van der Waals surface area contributed by atoms with Gasteiger partial charge < -0.3 is 5.11 Å².